The van der Waals surface area contributed by atoms with E-state index in [0.717, 1.165) is 17.1 Å². The highest BCUT2D eigenvalue weighted by atomic mass is 32.2. The Kier molecular flexibility index (Phi) is 6.90. The Hall–Kier alpha value is -1.71. The van der Waals surface area contributed by atoms with Crippen molar-refractivity contribution in [2.75, 3.05) is 24.6 Å². The van der Waals surface area contributed by atoms with Crippen LogP contribution in [0.4, 0.5) is 0 Å². The first kappa shape index (κ1) is 21.0. The van der Waals surface area contributed by atoms with E-state index in [0.29, 0.717) is 25.8 Å². The molecule has 2 aliphatic heterocycles. The van der Waals surface area contributed by atoms with Gasteiger partial charge in [-0.15, -0.1) is 23.5 Å². The molecule has 1 spiro atoms. The lowest BCUT2D eigenvalue weighted by atomic mass is 10.1. The summed E-state index contributed by atoms with van der Waals surface area (Å²) < 4.78 is -0.238. The largest absolute Gasteiger partial charge is 0.480 e. The number of nitrogens with zero attached hydrogens (tertiary/aromatic N) is 1. The minimum atomic E-state index is -1.02. The summed E-state index contributed by atoms with van der Waals surface area (Å²) in [5, 5.41) is 21.8. The van der Waals surface area contributed by atoms with Gasteiger partial charge in [-0.1, -0.05) is 30.3 Å². The first-order valence-corrected chi connectivity index (χ1v) is 11.2. The quantitative estimate of drug-likeness (QED) is 0.577. The van der Waals surface area contributed by atoms with Crippen LogP contribution in [-0.2, 0) is 20.8 Å². The second-order valence-electron chi connectivity index (χ2n) is 6.98. The van der Waals surface area contributed by atoms with E-state index < -0.39 is 24.0 Å². The topological polar surface area (TPSA) is 107 Å². The number of likely N-dealkylation sites (tertiary alicyclic amines) is 1. The average Bonchev–Trinajstić information content (AvgIpc) is 3.29. The Morgan fingerprint density at radius 3 is 2.46 bits per heavy atom. The molecule has 3 N–H and O–H groups in total. The molecule has 28 heavy (non-hydrogen) atoms. The monoisotopic (exact) mass is 424 g/mol. The van der Waals surface area contributed by atoms with Crippen LogP contribution in [0, 0.1) is 0 Å². The fourth-order valence-corrected chi connectivity index (χ4v) is 6.86. The molecule has 0 saturated carbocycles. The lowest BCUT2D eigenvalue weighted by Crippen LogP contribution is -2.48. The number of hydrogen-bond donors (Lipinski definition) is 3. The maximum Gasteiger partial charge on any atom is 0.326 e. The highest BCUT2D eigenvalue weighted by molar-refractivity contribution is 8.21. The molecular weight excluding hydrogens is 400 g/mol. The van der Waals surface area contributed by atoms with Crippen molar-refractivity contribution in [3.63, 3.8) is 0 Å². The van der Waals surface area contributed by atoms with Gasteiger partial charge in [-0.25, -0.2) is 4.79 Å². The molecule has 2 saturated heterocycles. The number of aliphatic carboxylic acids is 2. The van der Waals surface area contributed by atoms with E-state index in [9.17, 15) is 24.6 Å². The van der Waals surface area contributed by atoms with E-state index in [2.05, 4.69) is 5.32 Å². The smallest absolute Gasteiger partial charge is 0.326 e. The fourth-order valence-electron chi connectivity index (χ4n) is 3.61. The fraction of sp³-hybridized carbons (Fsp3) is 0.526. The molecule has 0 aromatic heterocycles. The molecule has 0 radical (unpaired) electrons. The summed E-state index contributed by atoms with van der Waals surface area (Å²) in [6.45, 7) is 0.211. The summed E-state index contributed by atoms with van der Waals surface area (Å²) in [4.78, 5) is 37.3. The Morgan fingerprint density at radius 1 is 1.18 bits per heavy atom. The van der Waals surface area contributed by atoms with Crippen LogP contribution in [0.5, 0.6) is 0 Å². The van der Waals surface area contributed by atoms with E-state index in [-0.39, 0.29) is 16.5 Å². The standard InChI is InChI=1S/C19H24N2O5S2/c22-16(21-12-19(27-8-9-28-19)10-15(21)18(25)26)11-20-14(17(23)24)7-6-13-4-2-1-3-5-13/h1-5,14-15,20H,6-12H2,(H,23,24)(H,25,26)/t14?,15-/m0/s1. The van der Waals surface area contributed by atoms with Crippen LogP contribution in [0.3, 0.4) is 0 Å². The molecule has 152 valence electrons. The molecule has 2 heterocycles. The zero-order valence-electron chi connectivity index (χ0n) is 15.4. The van der Waals surface area contributed by atoms with Crippen molar-refractivity contribution in [2.45, 2.75) is 35.4 Å². The molecule has 2 fully saturated rings. The van der Waals surface area contributed by atoms with Gasteiger partial charge in [0.1, 0.15) is 12.1 Å². The molecule has 0 aliphatic carbocycles. The average molecular weight is 425 g/mol. The van der Waals surface area contributed by atoms with Crippen molar-refractivity contribution in [3.8, 4) is 0 Å². The lowest BCUT2D eigenvalue weighted by Gasteiger charge is -2.24. The number of amides is 1. The van der Waals surface area contributed by atoms with Crippen LogP contribution in [0.2, 0.25) is 0 Å². The molecular formula is C19H24N2O5S2. The number of nitrogens with one attached hydrogen (secondary N) is 1. The molecule has 7 nitrogen and oxygen atoms in total. The first-order valence-electron chi connectivity index (χ1n) is 9.20. The van der Waals surface area contributed by atoms with Gasteiger partial charge in [0, 0.05) is 24.5 Å². The Labute approximate surface area is 172 Å². The Morgan fingerprint density at radius 2 is 1.86 bits per heavy atom. The number of benzene rings is 1. The van der Waals surface area contributed by atoms with Gasteiger partial charge in [-0.3, -0.25) is 14.9 Å². The van der Waals surface area contributed by atoms with Gasteiger partial charge in [-0.2, -0.15) is 0 Å². The summed E-state index contributed by atoms with van der Waals surface area (Å²) in [5.74, 6) is -0.464. The van der Waals surface area contributed by atoms with Crippen LogP contribution in [0.15, 0.2) is 30.3 Å². The third-order valence-corrected chi connectivity index (χ3v) is 8.50. The van der Waals surface area contributed by atoms with Crippen LogP contribution >= 0.6 is 23.5 Å². The van der Waals surface area contributed by atoms with Gasteiger partial charge in [0.15, 0.2) is 0 Å². The van der Waals surface area contributed by atoms with Gasteiger partial charge in [0.2, 0.25) is 5.91 Å². The normalized spacial score (nSPS) is 21.7. The third-order valence-electron chi connectivity index (χ3n) is 5.07. The summed E-state index contributed by atoms with van der Waals surface area (Å²) >= 11 is 3.44. The number of carbonyl (C=O) groups is 3. The number of carbonyl (C=O) groups excluding carboxylic acids is 1. The summed E-state index contributed by atoms with van der Waals surface area (Å²) in [6.07, 6.45) is 1.36. The van der Waals surface area contributed by atoms with Crippen LogP contribution in [-0.4, -0.2) is 73.7 Å². The molecule has 1 unspecified atom stereocenters. The van der Waals surface area contributed by atoms with E-state index >= 15 is 0 Å². The number of carboxylic acid groups (broad SMARTS) is 2. The maximum atomic E-state index is 12.7. The molecule has 3 rings (SSSR count). The van der Waals surface area contributed by atoms with E-state index in [1.54, 1.807) is 23.5 Å². The Bertz CT molecular complexity index is 724. The second kappa shape index (κ2) is 9.19. The summed E-state index contributed by atoms with van der Waals surface area (Å²) in [7, 11) is 0. The number of rotatable bonds is 8. The van der Waals surface area contributed by atoms with Crippen LogP contribution in [0.1, 0.15) is 18.4 Å². The Balaban J connectivity index is 1.57. The van der Waals surface area contributed by atoms with E-state index in [1.807, 2.05) is 30.3 Å². The number of aryl methyl sites for hydroxylation is 1. The third kappa shape index (κ3) is 5.01. The minimum Gasteiger partial charge on any atom is -0.480 e. The first-order chi connectivity index (χ1) is 13.4. The van der Waals surface area contributed by atoms with E-state index in [1.165, 1.54) is 4.90 Å². The number of carboxylic acids is 2. The molecule has 1 aromatic rings. The van der Waals surface area contributed by atoms with Gasteiger partial charge < -0.3 is 15.1 Å². The highest BCUT2D eigenvalue weighted by Gasteiger charge is 2.51. The van der Waals surface area contributed by atoms with Crippen molar-refractivity contribution in [1.29, 1.82) is 0 Å². The van der Waals surface area contributed by atoms with E-state index in [4.69, 9.17) is 0 Å². The summed E-state index contributed by atoms with van der Waals surface area (Å²) in [6, 6.07) is 7.86. The number of thioether (sulfide) groups is 2. The predicted octanol–water partition coefficient (Wildman–Crippen LogP) is 1.52. The SMILES string of the molecule is O=C(O)C(CCc1ccccc1)NCC(=O)N1CC2(C[C@H]1C(=O)O)SCCS2. The van der Waals surface area contributed by atoms with Crippen molar-refractivity contribution in [2.24, 2.45) is 0 Å². The van der Waals surface area contributed by atoms with Gasteiger partial charge in [0.25, 0.3) is 0 Å². The van der Waals surface area contributed by atoms with Gasteiger partial charge in [-0.05, 0) is 18.4 Å². The second-order valence-corrected chi connectivity index (χ2v) is 10.2. The highest BCUT2D eigenvalue weighted by Crippen LogP contribution is 2.51. The van der Waals surface area contributed by atoms with Crippen molar-refractivity contribution in [3.05, 3.63) is 35.9 Å². The maximum absolute atomic E-state index is 12.7. The van der Waals surface area contributed by atoms with Crippen LogP contribution in [0.25, 0.3) is 0 Å². The van der Waals surface area contributed by atoms with Crippen LogP contribution < -0.4 is 5.32 Å². The van der Waals surface area contributed by atoms with Gasteiger partial charge in [0.05, 0.1) is 10.6 Å². The molecule has 2 aliphatic rings. The minimum absolute atomic E-state index is 0.180. The summed E-state index contributed by atoms with van der Waals surface area (Å²) in [5.41, 5.74) is 1.03. The van der Waals surface area contributed by atoms with Crippen molar-refractivity contribution in [1.82, 2.24) is 10.2 Å². The van der Waals surface area contributed by atoms with Crippen molar-refractivity contribution >= 4 is 41.4 Å². The molecule has 1 amide bonds. The van der Waals surface area contributed by atoms with Crippen molar-refractivity contribution < 1.29 is 24.6 Å². The molecule has 1 aromatic carbocycles. The molecule has 9 heteroatoms. The molecule has 0 bridgehead atoms. The molecule has 2 atom stereocenters. The zero-order chi connectivity index (χ0) is 20.1. The lowest BCUT2D eigenvalue weighted by molar-refractivity contribution is -0.148. The zero-order valence-corrected chi connectivity index (χ0v) is 17.0. The van der Waals surface area contributed by atoms with Gasteiger partial charge >= 0.3 is 11.9 Å². The predicted molar refractivity (Wildman–Crippen MR) is 110 cm³/mol. The number of hydrogen-bond acceptors (Lipinski definition) is 6.